The molecule has 21 heavy (non-hydrogen) atoms. The van der Waals surface area contributed by atoms with Crippen molar-refractivity contribution in [3.8, 4) is 5.88 Å². The van der Waals surface area contributed by atoms with Crippen LogP contribution in [-0.4, -0.2) is 17.0 Å². The van der Waals surface area contributed by atoms with Crippen LogP contribution in [-0.2, 0) is 6.54 Å². The molecule has 1 aromatic heterocycles. The van der Waals surface area contributed by atoms with E-state index in [1.165, 1.54) is 12.1 Å². The van der Waals surface area contributed by atoms with Crippen molar-refractivity contribution in [1.82, 2.24) is 10.3 Å². The summed E-state index contributed by atoms with van der Waals surface area (Å²) in [5, 5.41) is 14.0. The summed E-state index contributed by atoms with van der Waals surface area (Å²) >= 11 is 0. The summed E-state index contributed by atoms with van der Waals surface area (Å²) in [5.41, 5.74) is 2.15. The summed E-state index contributed by atoms with van der Waals surface area (Å²) in [4.78, 5) is 14.4. The minimum atomic E-state index is -0.398. The first-order valence-electron chi connectivity index (χ1n) is 6.57. The lowest BCUT2D eigenvalue weighted by Gasteiger charge is -2.14. The predicted octanol–water partition coefficient (Wildman–Crippen LogP) is 2.85. The summed E-state index contributed by atoms with van der Waals surface area (Å²) in [5.74, 6) is 0.585. The van der Waals surface area contributed by atoms with Crippen LogP contribution >= 0.6 is 0 Å². The van der Waals surface area contributed by atoms with Gasteiger partial charge >= 0.3 is 0 Å². The van der Waals surface area contributed by atoms with Gasteiger partial charge in [0, 0.05) is 37.0 Å². The molecule has 0 aliphatic rings. The molecule has 2 rings (SSSR count). The fourth-order valence-electron chi connectivity index (χ4n) is 1.91. The molecular formula is C15H17N3O3. The molecular weight excluding hydrogens is 270 g/mol. The van der Waals surface area contributed by atoms with Crippen molar-refractivity contribution in [1.29, 1.82) is 0 Å². The molecule has 6 nitrogen and oxygen atoms in total. The highest BCUT2D eigenvalue weighted by molar-refractivity contribution is 5.34. The number of nitrogens with zero attached hydrogens (tertiary/aromatic N) is 2. The van der Waals surface area contributed by atoms with E-state index in [-0.39, 0.29) is 11.7 Å². The van der Waals surface area contributed by atoms with E-state index in [2.05, 4.69) is 10.3 Å². The molecule has 1 unspecified atom stereocenters. The number of nitro benzene ring substituents is 1. The van der Waals surface area contributed by atoms with Gasteiger partial charge in [-0.1, -0.05) is 18.2 Å². The van der Waals surface area contributed by atoms with Gasteiger partial charge in [-0.3, -0.25) is 10.1 Å². The predicted molar refractivity (Wildman–Crippen MR) is 79.1 cm³/mol. The fraction of sp³-hybridized carbons (Fsp3) is 0.267. The number of rotatable bonds is 6. The van der Waals surface area contributed by atoms with E-state index in [4.69, 9.17) is 4.74 Å². The van der Waals surface area contributed by atoms with Gasteiger partial charge < -0.3 is 10.1 Å². The Morgan fingerprint density at radius 1 is 1.29 bits per heavy atom. The zero-order valence-corrected chi connectivity index (χ0v) is 11.9. The lowest BCUT2D eigenvalue weighted by atomic mass is 10.1. The molecule has 6 heteroatoms. The molecule has 0 bridgehead atoms. The topological polar surface area (TPSA) is 77.3 Å². The van der Waals surface area contributed by atoms with Crippen LogP contribution < -0.4 is 10.1 Å². The number of pyridine rings is 1. The maximum Gasteiger partial charge on any atom is 0.269 e. The number of ether oxygens (including phenoxy) is 1. The average molecular weight is 287 g/mol. The van der Waals surface area contributed by atoms with Crippen molar-refractivity contribution in [2.24, 2.45) is 0 Å². The first-order chi connectivity index (χ1) is 10.1. The summed E-state index contributed by atoms with van der Waals surface area (Å²) < 4.78 is 5.01. The second-order valence-electron chi connectivity index (χ2n) is 4.66. The van der Waals surface area contributed by atoms with Crippen LogP contribution in [0.2, 0.25) is 0 Å². The van der Waals surface area contributed by atoms with Crippen molar-refractivity contribution >= 4 is 5.69 Å². The van der Waals surface area contributed by atoms with Crippen LogP contribution in [0.1, 0.15) is 24.1 Å². The van der Waals surface area contributed by atoms with E-state index >= 15 is 0 Å². The number of methoxy groups -OCH3 is 1. The number of aromatic nitrogens is 1. The van der Waals surface area contributed by atoms with Gasteiger partial charge in [0.1, 0.15) is 0 Å². The number of benzene rings is 1. The highest BCUT2D eigenvalue weighted by Crippen LogP contribution is 2.18. The van der Waals surface area contributed by atoms with Gasteiger partial charge in [-0.15, -0.1) is 0 Å². The van der Waals surface area contributed by atoms with Crippen LogP contribution in [0.4, 0.5) is 5.69 Å². The summed E-state index contributed by atoms with van der Waals surface area (Å²) in [6.07, 6.45) is 1.76. The molecule has 0 spiro atoms. The first-order valence-corrected chi connectivity index (χ1v) is 6.57. The minimum absolute atomic E-state index is 0.0907. The lowest BCUT2D eigenvalue weighted by molar-refractivity contribution is -0.384. The third-order valence-corrected chi connectivity index (χ3v) is 3.22. The minimum Gasteiger partial charge on any atom is -0.481 e. The average Bonchev–Trinajstić information content (AvgIpc) is 2.53. The molecule has 1 aromatic carbocycles. The first kappa shape index (κ1) is 14.9. The van der Waals surface area contributed by atoms with Gasteiger partial charge in [0.2, 0.25) is 5.88 Å². The summed E-state index contributed by atoms with van der Waals surface area (Å²) in [6.45, 7) is 2.67. The van der Waals surface area contributed by atoms with Crippen LogP contribution in [0.25, 0.3) is 0 Å². The van der Waals surface area contributed by atoms with Crippen molar-refractivity contribution in [2.75, 3.05) is 7.11 Å². The molecule has 0 aliphatic heterocycles. The zero-order valence-electron chi connectivity index (χ0n) is 11.9. The SMILES string of the molecule is COc1ccc(CNC(C)c2ccc([N+](=O)[O-])cc2)cn1. The van der Waals surface area contributed by atoms with E-state index in [0.717, 1.165) is 11.1 Å². The highest BCUT2D eigenvalue weighted by Gasteiger charge is 2.08. The van der Waals surface area contributed by atoms with E-state index in [1.807, 2.05) is 19.1 Å². The quantitative estimate of drug-likeness (QED) is 0.653. The molecule has 0 radical (unpaired) electrons. The molecule has 0 fully saturated rings. The van der Waals surface area contributed by atoms with Gasteiger partial charge in [0.25, 0.3) is 5.69 Å². The Labute approximate surface area is 122 Å². The van der Waals surface area contributed by atoms with Gasteiger partial charge in [-0.05, 0) is 18.1 Å². The standard InChI is InChI=1S/C15H17N3O3/c1-11(13-4-6-14(7-5-13)18(19)20)16-9-12-3-8-15(21-2)17-10-12/h3-8,10-11,16H,9H2,1-2H3. The van der Waals surface area contributed by atoms with Crippen LogP contribution in [0.3, 0.4) is 0 Å². The second-order valence-corrected chi connectivity index (χ2v) is 4.66. The maximum atomic E-state index is 10.6. The van der Waals surface area contributed by atoms with Gasteiger partial charge in [0.05, 0.1) is 12.0 Å². The number of nitrogens with one attached hydrogen (secondary N) is 1. The molecule has 2 aromatic rings. The Morgan fingerprint density at radius 3 is 2.52 bits per heavy atom. The molecule has 1 atom stereocenters. The highest BCUT2D eigenvalue weighted by atomic mass is 16.6. The van der Waals surface area contributed by atoms with Crippen LogP contribution in [0, 0.1) is 10.1 Å². The number of hydrogen-bond donors (Lipinski definition) is 1. The van der Waals surface area contributed by atoms with E-state index in [0.29, 0.717) is 12.4 Å². The smallest absolute Gasteiger partial charge is 0.269 e. The molecule has 0 aliphatic carbocycles. The van der Waals surface area contributed by atoms with Gasteiger partial charge in [-0.2, -0.15) is 0 Å². The largest absolute Gasteiger partial charge is 0.481 e. The molecule has 0 saturated heterocycles. The van der Waals surface area contributed by atoms with Crippen LogP contribution in [0.5, 0.6) is 5.88 Å². The Balaban J connectivity index is 1.94. The van der Waals surface area contributed by atoms with Crippen molar-refractivity contribution in [3.63, 3.8) is 0 Å². The Hall–Kier alpha value is -2.47. The summed E-state index contributed by atoms with van der Waals surface area (Å²) in [7, 11) is 1.58. The van der Waals surface area contributed by atoms with Gasteiger partial charge in [-0.25, -0.2) is 4.98 Å². The normalized spacial score (nSPS) is 11.9. The monoisotopic (exact) mass is 287 g/mol. The third kappa shape index (κ3) is 4.00. The number of non-ortho nitro benzene ring substituents is 1. The van der Waals surface area contributed by atoms with E-state index in [1.54, 1.807) is 25.4 Å². The third-order valence-electron chi connectivity index (χ3n) is 3.22. The summed E-state index contributed by atoms with van der Waals surface area (Å²) in [6, 6.07) is 10.4. The van der Waals surface area contributed by atoms with Crippen LogP contribution in [0.15, 0.2) is 42.6 Å². The Bertz CT molecular complexity index is 597. The Kier molecular flexibility index (Phi) is 4.84. The second kappa shape index (κ2) is 6.81. The van der Waals surface area contributed by atoms with E-state index in [9.17, 15) is 10.1 Å². The van der Waals surface area contributed by atoms with Crippen molar-refractivity contribution < 1.29 is 9.66 Å². The molecule has 0 saturated carbocycles. The maximum absolute atomic E-state index is 10.6. The molecule has 110 valence electrons. The number of hydrogen-bond acceptors (Lipinski definition) is 5. The van der Waals surface area contributed by atoms with Crippen molar-refractivity contribution in [2.45, 2.75) is 19.5 Å². The molecule has 1 N–H and O–H groups in total. The fourth-order valence-corrected chi connectivity index (χ4v) is 1.91. The van der Waals surface area contributed by atoms with Gasteiger partial charge in [0.15, 0.2) is 0 Å². The van der Waals surface area contributed by atoms with Crippen molar-refractivity contribution in [3.05, 3.63) is 63.8 Å². The van der Waals surface area contributed by atoms with E-state index < -0.39 is 4.92 Å². The zero-order chi connectivity index (χ0) is 15.2. The number of nitro groups is 1. The Morgan fingerprint density at radius 2 is 2.00 bits per heavy atom. The molecule has 0 amide bonds. The molecule has 1 heterocycles. The lowest BCUT2D eigenvalue weighted by Crippen LogP contribution is -2.18.